The van der Waals surface area contributed by atoms with Crippen molar-refractivity contribution in [3.05, 3.63) is 49.9 Å². The lowest BCUT2D eigenvalue weighted by atomic mass is 9.81. The van der Waals surface area contributed by atoms with Crippen molar-refractivity contribution in [1.29, 1.82) is 0 Å². The molecule has 1 aromatic heterocycles. The van der Waals surface area contributed by atoms with Gasteiger partial charge < -0.3 is 29.4 Å². The fraction of sp³-hybridized carbons (Fsp3) is 0.500. The van der Waals surface area contributed by atoms with Gasteiger partial charge in [0.2, 0.25) is 0 Å². The number of nitrogens with zero attached hydrogens (tertiary/aromatic N) is 2. The van der Waals surface area contributed by atoms with Gasteiger partial charge in [0.05, 0.1) is 5.02 Å². The molecule has 2 aromatic rings. The number of amides is 2. The zero-order valence-corrected chi connectivity index (χ0v) is 22.2. The molecule has 2 amide bonds. The number of H-pyrrole nitrogens is 1. The number of carbonyl (C=O) groups is 2. The van der Waals surface area contributed by atoms with Gasteiger partial charge in [-0.15, -0.1) is 0 Å². The first kappa shape index (κ1) is 25.9. The van der Waals surface area contributed by atoms with Gasteiger partial charge in [0, 0.05) is 49.8 Å². The first-order chi connectivity index (χ1) is 16.8. The minimum Gasteiger partial charge on any atom is -0.465 e. The maximum atomic E-state index is 13.5. The molecule has 10 heteroatoms. The van der Waals surface area contributed by atoms with E-state index < -0.39 is 11.9 Å². The largest absolute Gasteiger partial charge is 0.465 e. The van der Waals surface area contributed by atoms with Crippen molar-refractivity contribution in [3.63, 3.8) is 0 Å². The molecule has 2 heterocycles. The molecule has 1 aliphatic heterocycles. The molecular formula is C26H32ClN3O6. The summed E-state index contributed by atoms with van der Waals surface area (Å²) < 4.78 is 12.6. The highest BCUT2D eigenvalue weighted by molar-refractivity contribution is 6.33. The normalized spacial score (nSPS) is 22.9. The van der Waals surface area contributed by atoms with Gasteiger partial charge in [-0.05, 0) is 64.2 Å². The lowest BCUT2D eigenvalue weighted by Gasteiger charge is -2.39. The molecule has 1 atom stereocenters. The lowest BCUT2D eigenvalue weighted by molar-refractivity contribution is -0.123. The highest BCUT2D eigenvalue weighted by Gasteiger charge is 2.48. The number of hydrogen-bond donors (Lipinski definition) is 2. The molecule has 1 saturated carbocycles. The minimum atomic E-state index is -0.984. The summed E-state index contributed by atoms with van der Waals surface area (Å²) in [5.41, 5.74) is 2.23. The summed E-state index contributed by atoms with van der Waals surface area (Å²) in [7, 11) is 3.15. The molecule has 9 nitrogen and oxygen atoms in total. The Balaban J connectivity index is 1.59. The number of ether oxygens (including phenoxy) is 2. The molecule has 0 saturated heterocycles. The number of carboxylic acid groups (broad SMARTS) is 1. The number of pyridine rings is 1. The highest BCUT2D eigenvalue weighted by atomic mass is 35.5. The second-order valence-electron chi connectivity index (χ2n) is 9.99. The zero-order valence-electron chi connectivity index (χ0n) is 21.4. The van der Waals surface area contributed by atoms with Gasteiger partial charge in [0.25, 0.3) is 17.3 Å². The summed E-state index contributed by atoms with van der Waals surface area (Å²) >= 11 is 6.58. The minimum absolute atomic E-state index is 0.0226. The maximum absolute atomic E-state index is 13.5. The Hall–Kier alpha value is -3.20. The molecule has 0 radical (unpaired) electrons. The number of rotatable bonds is 4. The molecule has 2 N–H and O–H groups in total. The topological polar surface area (TPSA) is 112 Å². The number of aromatic nitrogens is 1. The Morgan fingerprint density at radius 1 is 1.08 bits per heavy atom. The lowest BCUT2D eigenvalue weighted by Crippen LogP contribution is -2.47. The van der Waals surface area contributed by atoms with Crippen molar-refractivity contribution in [2.24, 2.45) is 5.92 Å². The fourth-order valence-corrected chi connectivity index (χ4v) is 5.66. The quantitative estimate of drug-likeness (QED) is 0.597. The fourth-order valence-electron chi connectivity index (χ4n) is 5.42. The average Bonchev–Trinajstić information content (AvgIpc) is 3.19. The third kappa shape index (κ3) is 4.40. The number of nitrogens with one attached hydrogen (secondary N) is 1. The van der Waals surface area contributed by atoms with E-state index in [4.69, 9.17) is 21.1 Å². The number of anilines is 1. The summed E-state index contributed by atoms with van der Waals surface area (Å²) in [6.45, 7) is 7.21. The highest BCUT2D eigenvalue weighted by Crippen LogP contribution is 2.52. The standard InChI is InChI=1S/C26H32ClN3O6/c1-13-11-14(2)28-23(31)20(13)30(6)24(32)18-12-19(27)22-21(15(18)3)35-26(4,36-22)16-7-9-17(10-8-16)29(5)25(33)34/h11-12,16-17H,7-10H2,1-6H3,(H,28,31)(H,33,34). The number of aromatic amines is 1. The van der Waals surface area contributed by atoms with Gasteiger partial charge >= 0.3 is 6.09 Å². The van der Waals surface area contributed by atoms with Gasteiger partial charge in [0.15, 0.2) is 11.5 Å². The SMILES string of the molecule is Cc1cc(C)c(N(C)C(=O)c2cc(Cl)c3c(c2C)OC(C)(C2CCC(N(C)C(=O)O)CC2)O3)c(=O)[nH]1. The molecule has 1 unspecified atom stereocenters. The van der Waals surface area contributed by atoms with Crippen molar-refractivity contribution < 1.29 is 24.2 Å². The first-order valence-electron chi connectivity index (χ1n) is 12.0. The smallest absolute Gasteiger partial charge is 0.407 e. The number of fused-ring (bicyclic) bond motifs is 1. The molecule has 1 aliphatic carbocycles. The van der Waals surface area contributed by atoms with Gasteiger partial charge in [-0.2, -0.15) is 0 Å². The van der Waals surface area contributed by atoms with Crippen molar-refractivity contribution in [2.45, 2.75) is 65.2 Å². The Kier molecular flexibility index (Phi) is 6.72. The number of benzene rings is 1. The average molecular weight is 518 g/mol. The predicted molar refractivity (Wildman–Crippen MR) is 137 cm³/mol. The summed E-state index contributed by atoms with van der Waals surface area (Å²) in [6, 6.07) is 3.33. The predicted octanol–water partition coefficient (Wildman–Crippen LogP) is 4.89. The van der Waals surface area contributed by atoms with Gasteiger partial charge in [0.1, 0.15) is 5.69 Å². The summed E-state index contributed by atoms with van der Waals surface area (Å²) in [5, 5.41) is 9.53. The van der Waals surface area contributed by atoms with Crippen molar-refractivity contribution >= 4 is 29.3 Å². The number of aryl methyl sites for hydroxylation is 2. The van der Waals surface area contributed by atoms with Crippen LogP contribution < -0.4 is 19.9 Å². The van der Waals surface area contributed by atoms with Crippen molar-refractivity contribution in [1.82, 2.24) is 9.88 Å². The van der Waals surface area contributed by atoms with E-state index in [2.05, 4.69) is 4.98 Å². The van der Waals surface area contributed by atoms with E-state index in [1.165, 1.54) is 9.80 Å². The molecule has 2 aliphatic rings. The zero-order chi connectivity index (χ0) is 26.5. The summed E-state index contributed by atoms with van der Waals surface area (Å²) in [4.78, 5) is 42.8. The molecule has 0 spiro atoms. The van der Waals surface area contributed by atoms with E-state index in [-0.39, 0.29) is 34.1 Å². The second kappa shape index (κ2) is 9.35. The molecule has 4 rings (SSSR count). The number of carbonyl (C=O) groups excluding carboxylic acids is 1. The molecular weight excluding hydrogens is 486 g/mol. The van der Waals surface area contributed by atoms with Crippen LogP contribution in [0.4, 0.5) is 10.5 Å². The van der Waals surface area contributed by atoms with Crippen LogP contribution in [0, 0.1) is 26.7 Å². The van der Waals surface area contributed by atoms with Crippen LogP contribution in [-0.4, -0.2) is 52.9 Å². The summed E-state index contributed by atoms with van der Waals surface area (Å²) in [5.74, 6) is -0.536. The molecule has 1 aromatic carbocycles. The molecule has 1 fully saturated rings. The monoisotopic (exact) mass is 517 g/mol. The van der Waals surface area contributed by atoms with Gasteiger partial charge in [-0.3, -0.25) is 9.59 Å². The van der Waals surface area contributed by atoms with Gasteiger partial charge in [-0.1, -0.05) is 11.6 Å². The van der Waals surface area contributed by atoms with Crippen LogP contribution in [0.1, 0.15) is 59.8 Å². The van der Waals surface area contributed by atoms with Crippen molar-refractivity contribution in [2.75, 3.05) is 19.0 Å². The van der Waals surface area contributed by atoms with Crippen LogP contribution in [0.5, 0.6) is 11.5 Å². The molecule has 194 valence electrons. The van der Waals surface area contributed by atoms with E-state index in [1.807, 2.05) is 13.0 Å². The Labute approximate surface area is 214 Å². The van der Waals surface area contributed by atoms with Gasteiger partial charge in [-0.25, -0.2) is 4.79 Å². The van der Waals surface area contributed by atoms with Crippen LogP contribution >= 0.6 is 11.6 Å². The number of halogens is 1. The van der Waals surface area contributed by atoms with Crippen LogP contribution in [-0.2, 0) is 0 Å². The van der Waals surface area contributed by atoms with Crippen LogP contribution in [0.15, 0.2) is 16.9 Å². The second-order valence-corrected chi connectivity index (χ2v) is 10.4. The van der Waals surface area contributed by atoms with E-state index in [0.29, 0.717) is 46.7 Å². The summed E-state index contributed by atoms with van der Waals surface area (Å²) in [6.07, 6.45) is 1.94. The van der Waals surface area contributed by atoms with Crippen LogP contribution in [0.2, 0.25) is 5.02 Å². The van der Waals surface area contributed by atoms with E-state index in [9.17, 15) is 19.5 Å². The Morgan fingerprint density at radius 2 is 1.69 bits per heavy atom. The van der Waals surface area contributed by atoms with Crippen LogP contribution in [0.25, 0.3) is 0 Å². The number of hydrogen-bond acceptors (Lipinski definition) is 5. The van der Waals surface area contributed by atoms with E-state index in [0.717, 1.165) is 12.8 Å². The third-order valence-corrected chi connectivity index (χ3v) is 7.82. The molecule has 0 bridgehead atoms. The third-order valence-electron chi connectivity index (χ3n) is 7.54. The van der Waals surface area contributed by atoms with E-state index in [1.54, 1.807) is 40.9 Å². The Bertz CT molecular complexity index is 1280. The molecule has 36 heavy (non-hydrogen) atoms. The van der Waals surface area contributed by atoms with Crippen molar-refractivity contribution in [3.8, 4) is 11.5 Å². The maximum Gasteiger partial charge on any atom is 0.407 e. The van der Waals surface area contributed by atoms with E-state index >= 15 is 0 Å². The van der Waals surface area contributed by atoms with Crippen LogP contribution in [0.3, 0.4) is 0 Å². The first-order valence-corrected chi connectivity index (χ1v) is 12.4. The Morgan fingerprint density at radius 3 is 2.28 bits per heavy atom.